The number of rotatable bonds is 5. The van der Waals surface area contributed by atoms with Crippen LogP contribution >= 0.6 is 12.3 Å². The maximum absolute atomic E-state index is 13.4. The van der Waals surface area contributed by atoms with Crippen molar-refractivity contribution in [3.8, 4) is 5.75 Å². The molecule has 0 amide bonds. The second-order valence-corrected chi connectivity index (χ2v) is 9.60. The quantitative estimate of drug-likeness (QED) is 0.217. The summed E-state index contributed by atoms with van der Waals surface area (Å²) < 4.78 is 9.98. The monoisotopic (exact) mass is 437 g/mol. The number of carbonyl (C=O) groups excluding carboxylic acids is 1. The van der Waals surface area contributed by atoms with E-state index in [1.165, 1.54) is 11.1 Å². The van der Waals surface area contributed by atoms with E-state index in [1.54, 1.807) is 0 Å². The van der Waals surface area contributed by atoms with Crippen LogP contribution < -0.4 is 10.1 Å². The van der Waals surface area contributed by atoms with Gasteiger partial charge in [0.05, 0.1) is 0 Å². The van der Waals surface area contributed by atoms with Gasteiger partial charge in [-0.2, -0.15) is 5.90 Å². The van der Waals surface area contributed by atoms with Crippen LogP contribution in [0.2, 0.25) is 0 Å². The van der Waals surface area contributed by atoms with Gasteiger partial charge < -0.3 is 4.18 Å². The predicted octanol–water partition coefficient (Wildman–Crippen LogP) is 5.57. The molecule has 2 N–H and O–H groups in total. The molecule has 3 aliphatic carbocycles. The first-order valence-electron chi connectivity index (χ1n) is 10.9. The van der Waals surface area contributed by atoms with E-state index in [2.05, 4.69) is 46.6 Å². The number of hydrogen-bond acceptors (Lipinski definition) is 6. The van der Waals surface area contributed by atoms with Crippen molar-refractivity contribution >= 4 is 24.2 Å². The maximum atomic E-state index is 13.4. The number of ketones is 1. The number of benzene rings is 2. The molecule has 2 aromatic rings. The molecule has 0 bridgehead atoms. The van der Waals surface area contributed by atoms with Gasteiger partial charge in [0.25, 0.3) is 12.3 Å². The molecule has 31 heavy (non-hydrogen) atoms. The zero-order valence-corrected chi connectivity index (χ0v) is 18.4. The molecule has 3 aliphatic rings. The summed E-state index contributed by atoms with van der Waals surface area (Å²) in [4.78, 5) is 17.5. The Balaban J connectivity index is 1.39. The van der Waals surface area contributed by atoms with Crippen LogP contribution in [0.1, 0.15) is 55.2 Å². The fraction of sp³-hybridized carbons (Fsp3) is 0.400. The summed E-state index contributed by atoms with van der Waals surface area (Å²) in [5.41, 5.74) is 4.65. The van der Waals surface area contributed by atoms with E-state index in [0.717, 1.165) is 49.0 Å². The van der Waals surface area contributed by atoms with Gasteiger partial charge in [-0.15, -0.1) is 9.32 Å². The lowest BCUT2D eigenvalue weighted by molar-refractivity contribution is -0.199. The average Bonchev–Trinajstić information content (AvgIpc) is 3.05. The van der Waals surface area contributed by atoms with E-state index >= 15 is 0 Å². The first-order valence-corrected chi connectivity index (χ1v) is 11.6. The molecule has 4 atom stereocenters. The lowest BCUT2D eigenvalue weighted by atomic mass is 9.55. The van der Waals surface area contributed by atoms with Gasteiger partial charge >= 0.3 is 0 Å². The van der Waals surface area contributed by atoms with Crippen LogP contribution in [0.15, 0.2) is 54.1 Å². The highest BCUT2D eigenvalue weighted by Gasteiger charge is 2.56. The number of allylic oxidation sites excluding steroid dienone is 1. The van der Waals surface area contributed by atoms with Gasteiger partial charge in [-0.1, -0.05) is 43.3 Å². The second kappa shape index (κ2) is 8.43. The molecule has 3 unspecified atom stereocenters. The normalized spacial score (nSPS) is 30.6. The Labute approximate surface area is 187 Å². The zero-order chi connectivity index (χ0) is 21.4. The Kier molecular flexibility index (Phi) is 5.65. The van der Waals surface area contributed by atoms with Gasteiger partial charge in [-0.05, 0) is 90.3 Å². The average molecular weight is 438 g/mol. The summed E-state index contributed by atoms with van der Waals surface area (Å²) in [6, 6.07) is 16.5. The SMILES string of the molecule is C[C@]12CCC3c4ccc(OSOON)cc4CCC3C1C/C(=C\c1ccccc1)C2=O. The lowest BCUT2D eigenvalue weighted by Crippen LogP contribution is -2.42. The first kappa shape index (κ1) is 20.8. The summed E-state index contributed by atoms with van der Waals surface area (Å²) in [5, 5.41) is 0. The Morgan fingerprint density at radius 3 is 2.81 bits per heavy atom. The van der Waals surface area contributed by atoms with Crippen molar-refractivity contribution in [3.63, 3.8) is 0 Å². The van der Waals surface area contributed by atoms with E-state index in [0.29, 0.717) is 35.9 Å². The third kappa shape index (κ3) is 3.72. The van der Waals surface area contributed by atoms with Crippen molar-refractivity contribution in [1.29, 1.82) is 0 Å². The van der Waals surface area contributed by atoms with Gasteiger partial charge in [0.15, 0.2) is 5.78 Å². The molecule has 5 rings (SSSR count). The van der Waals surface area contributed by atoms with E-state index in [4.69, 9.17) is 10.1 Å². The third-order valence-corrected chi connectivity index (χ3v) is 8.07. The van der Waals surface area contributed by atoms with Gasteiger partial charge in [-0.25, -0.2) is 0 Å². The number of carbonyl (C=O) groups is 1. The lowest BCUT2D eigenvalue weighted by Gasteiger charge is -2.48. The van der Waals surface area contributed by atoms with Gasteiger partial charge in [0, 0.05) is 5.41 Å². The summed E-state index contributed by atoms with van der Waals surface area (Å²) >= 11 is 0.702. The number of nitrogens with two attached hydrogens (primary N) is 1. The minimum atomic E-state index is -0.224. The summed E-state index contributed by atoms with van der Waals surface area (Å²) in [6.45, 7) is 2.21. The van der Waals surface area contributed by atoms with Gasteiger partial charge in [-0.3, -0.25) is 4.79 Å². The molecule has 0 aliphatic heterocycles. The maximum Gasteiger partial charge on any atom is 0.260 e. The molecule has 0 heterocycles. The van der Waals surface area contributed by atoms with Gasteiger partial charge in [0.1, 0.15) is 5.75 Å². The van der Waals surface area contributed by atoms with Gasteiger partial charge in [0.2, 0.25) is 0 Å². The topological polar surface area (TPSA) is 70.8 Å². The second-order valence-electron chi connectivity index (χ2n) is 9.16. The fourth-order valence-electron chi connectivity index (χ4n) is 6.23. The van der Waals surface area contributed by atoms with Crippen LogP contribution in [0.3, 0.4) is 0 Å². The highest BCUT2D eigenvalue weighted by molar-refractivity contribution is 7.90. The van der Waals surface area contributed by atoms with Crippen LogP contribution in [-0.4, -0.2) is 5.78 Å². The molecule has 0 spiro atoms. The smallest absolute Gasteiger partial charge is 0.260 e. The van der Waals surface area contributed by atoms with Crippen LogP contribution in [-0.2, 0) is 20.5 Å². The van der Waals surface area contributed by atoms with Crippen LogP contribution in [0.25, 0.3) is 6.08 Å². The molecule has 162 valence electrons. The predicted molar refractivity (Wildman–Crippen MR) is 120 cm³/mol. The summed E-state index contributed by atoms with van der Waals surface area (Å²) in [6.07, 6.45) is 7.15. The van der Waals surface area contributed by atoms with Crippen LogP contribution in [0, 0.1) is 17.3 Å². The van der Waals surface area contributed by atoms with Crippen molar-refractivity contribution in [3.05, 3.63) is 70.8 Å². The van der Waals surface area contributed by atoms with Crippen LogP contribution in [0.5, 0.6) is 5.75 Å². The van der Waals surface area contributed by atoms with Crippen LogP contribution in [0.4, 0.5) is 0 Å². The number of aryl methyl sites for hydroxylation is 1. The van der Waals surface area contributed by atoms with Crippen molar-refractivity contribution in [2.75, 3.05) is 0 Å². The molecular formula is C25H27NO4S. The number of Topliss-reactive ketones (excluding diaryl/α,β-unsaturated/α-hetero) is 1. The van der Waals surface area contributed by atoms with E-state index in [9.17, 15) is 4.79 Å². The number of hydrogen-bond donors (Lipinski definition) is 1. The van der Waals surface area contributed by atoms with Crippen molar-refractivity contribution in [2.24, 2.45) is 23.1 Å². The molecule has 0 saturated heterocycles. The summed E-state index contributed by atoms with van der Waals surface area (Å²) in [7, 11) is 0. The largest absolute Gasteiger partial charge is 0.399 e. The van der Waals surface area contributed by atoms with E-state index in [-0.39, 0.29) is 5.41 Å². The molecule has 0 aromatic heterocycles. The molecule has 5 nitrogen and oxygen atoms in total. The molecule has 2 aromatic carbocycles. The molecule has 2 fully saturated rings. The van der Waals surface area contributed by atoms with Crippen molar-refractivity contribution in [1.82, 2.24) is 0 Å². The minimum Gasteiger partial charge on any atom is -0.399 e. The molecule has 2 saturated carbocycles. The highest BCUT2D eigenvalue weighted by Crippen LogP contribution is 2.61. The Morgan fingerprint density at radius 1 is 1.16 bits per heavy atom. The minimum absolute atomic E-state index is 0.224. The first-order chi connectivity index (χ1) is 15.1. The zero-order valence-electron chi connectivity index (χ0n) is 17.6. The standard InChI is InChI=1S/C25H27NO4S/c1-25-12-11-21-20-10-8-19(28-31-30-29-26)14-17(20)7-9-22(21)23(25)15-18(24(25)27)13-16-5-3-2-4-6-16/h2-6,8,10,13-14,21-23H,7,9,11-12,15,26H2,1H3/b18-13+/t21?,22?,23?,25-/m0/s1. The van der Waals surface area contributed by atoms with Crippen molar-refractivity contribution in [2.45, 2.75) is 44.9 Å². The van der Waals surface area contributed by atoms with Crippen molar-refractivity contribution < 1.29 is 18.3 Å². The third-order valence-electron chi connectivity index (χ3n) is 7.68. The Bertz CT molecular complexity index is 1010. The Morgan fingerprint density at radius 2 is 2.00 bits per heavy atom. The molecule has 6 heteroatoms. The fourth-order valence-corrected chi connectivity index (χ4v) is 6.47. The van der Waals surface area contributed by atoms with E-state index in [1.807, 2.05) is 24.3 Å². The Hall–Kier alpha value is -2.12. The summed E-state index contributed by atoms with van der Waals surface area (Å²) in [5.74, 6) is 7.41. The number of fused-ring (bicyclic) bond motifs is 5. The molecular weight excluding hydrogens is 410 g/mol. The molecule has 0 radical (unpaired) electrons. The van der Waals surface area contributed by atoms with E-state index < -0.39 is 0 Å². The highest BCUT2D eigenvalue weighted by atomic mass is 32.2.